The van der Waals surface area contributed by atoms with E-state index in [1.807, 2.05) is 0 Å². The lowest BCUT2D eigenvalue weighted by atomic mass is 10.0. The highest BCUT2D eigenvalue weighted by molar-refractivity contribution is 7.98. The van der Waals surface area contributed by atoms with E-state index in [0.717, 1.165) is 11.3 Å². The zero-order valence-corrected chi connectivity index (χ0v) is 13.5. The Balaban J connectivity index is 1.54. The maximum atomic E-state index is 5.52. The van der Waals surface area contributed by atoms with Crippen LogP contribution in [0, 0.1) is 12.8 Å². The minimum Gasteiger partial charge on any atom is -0.308 e. The van der Waals surface area contributed by atoms with Gasteiger partial charge in [0, 0.05) is 33.9 Å². The molecule has 0 fully saturated rings. The Morgan fingerprint density at radius 2 is 1.80 bits per heavy atom. The molecule has 0 spiro atoms. The fraction of sp³-hybridized carbons (Fsp3) is 0.375. The molecular weight excluding hydrogens is 288 g/mol. The molecule has 0 N–H and O–H groups in total. The number of rotatable bonds is 7. The Kier molecular flexibility index (Phi) is 6.73. The highest BCUT2D eigenvalue weighted by Gasteiger charge is 2.04. The van der Waals surface area contributed by atoms with Crippen molar-refractivity contribution < 1.29 is 8.37 Å². The van der Waals surface area contributed by atoms with Gasteiger partial charge in [-0.05, 0) is 31.4 Å². The number of hydrogen-bond acceptors (Lipinski definition) is 4. The van der Waals surface area contributed by atoms with Gasteiger partial charge in [0.1, 0.15) is 0 Å². The van der Waals surface area contributed by atoms with E-state index in [-0.39, 0.29) is 0 Å². The summed E-state index contributed by atoms with van der Waals surface area (Å²) in [4.78, 5) is 2.31. The summed E-state index contributed by atoms with van der Waals surface area (Å²) in [6.07, 6.45) is 7.66. The lowest BCUT2D eigenvalue weighted by molar-refractivity contribution is 0.267. The lowest BCUT2D eigenvalue weighted by Crippen LogP contribution is -1.97. The molecule has 108 valence electrons. The lowest BCUT2D eigenvalue weighted by Gasteiger charge is -2.10. The van der Waals surface area contributed by atoms with E-state index in [4.69, 9.17) is 8.37 Å². The average Bonchev–Trinajstić information content (AvgIpc) is 2.46. The van der Waals surface area contributed by atoms with Crippen LogP contribution in [0.15, 0.2) is 52.3 Å². The monoisotopic (exact) mass is 308 g/mol. The summed E-state index contributed by atoms with van der Waals surface area (Å²) < 4.78 is 11.0. The van der Waals surface area contributed by atoms with Crippen molar-refractivity contribution in [1.29, 1.82) is 0 Å². The van der Waals surface area contributed by atoms with E-state index in [1.165, 1.54) is 34.6 Å². The molecule has 20 heavy (non-hydrogen) atoms. The molecule has 0 saturated carbocycles. The fourth-order valence-corrected chi connectivity index (χ4v) is 2.77. The van der Waals surface area contributed by atoms with Gasteiger partial charge in [-0.2, -0.15) is 0 Å². The summed E-state index contributed by atoms with van der Waals surface area (Å²) >= 11 is 2.83. The second-order valence-electron chi connectivity index (χ2n) is 4.80. The first-order valence-electron chi connectivity index (χ1n) is 6.78. The van der Waals surface area contributed by atoms with Crippen molar-refractivity contribution in [3.05, 3.63) is 53.0 Å². The zero-order valence-electron chi connectivity index (χ0n) is 11.9. The molecule has 0 saturated heterocycles. The topological polar surface area (TPSA) is 18.5 Å². The van der Waals surface area contributed by atoms with Crippen molar-refractivity contribution in [2.45, 2.75) is 25.2 Å². The standard InChI is InChI=1S/C16H20O2S2/c1-13-3-7-15(8-4-13)19-17-11-12-18-20-16-9-5-14(2)6-10-16/h3-5,7-10,14H,6,11-12H2,1-2H3. The van der Waals surface area contributed by atoms with Crippen LogP contribution in [0.3, 0.4) is 0 Å². The van der Waals surface area contributed by atoms with Gasteiger partial charge in [-0.15, -0.1) is 0 Å². The number of aryl methyl sites for hydroxylation is 1. The van der Waals surface area contributed by atoms with Gasteiger partial charge in [0.2, 0.25) is 0 Å². The molecule has 1 atom stereocenters. The molecule has 1 aliphatic rings. The third-order valence-electron chi connectivity index (χ3n) is 2.86. The van der Waals surface area contributed by atoms with Crippen LogP contribution in [0.1, 0.15) is 18.9 Å². The van der Waals surface area contributed by atoms with Crippen LogP contribution in [0.2, 0.25) is 0 Å². The van der Waals surface area contributed by atoms with Crippen molar-refractivity contribution >= 4 is 24.1 Å². The first-order chi connectivity index (χ1) is 9.74. The number of allylic oxidation sites excluding steroid dienone is 3. The van der Waals surface area contributed by atoms with Crippen molar-refractivity contribution in [1.82, 2.24) is 0 Å². The minimum absolute atomic E-state index is 0.582. The summed E-state index contributed by atoms with van der Waals surface area (Å²) in [7, 11) is 0. The second-order valence-corrected chi connectivity index (χ2v) is 6.55. The minimum atomic E-state index is 0.582. The zero-order chi connectivity index (χ0) is 14.2. The highest BCUT2D eigenvalue weighted by Crippen LogP contribution is 2.25. The van der Waals surface area contributed by atoms with Crippen molar-refractivity contribution in [3.63, 3.8) is 0 Å². The molecule has 1 unspecified atom stereocenters. The van der Waals surface area contributed by atoms with Crippen LogP contribution < -0.4 is 0 Å². The smallest absolute Gasteiger partial charge is 0.0865 e. The normalized spacial score (nSPS) is 18.1. The molecule has 0 amide bonds. The van der Waals surface area contributed by atoms with Gasteiger partial charge < -0.3 is 8.37 Å². The van der Waals surface area contributed by atoms with Crippen LogP contribution in [-0.4, -0.2) is 13.2 Å². The van der Waals surface area contributed by atoms with E-state index in [9.17, 15) is 0 Å². The summed E-state index contributed by atoms with van der Waals surface area (Å²) in [5.41, 5.74) is 1.26. The summed E-state index contributed by atoms with van der Waals surface area (Å²) in [5.74, 6) is 0.647. The third kappa shape index (κ3) is 5.75. The molecule has 0 radical (unpaired) electrons. The summed E-state index contributed by atoms with van der Waals surface area (Å²) in [6, 6.07) is 8.30. The maximum absolute atomic E-state index is 5.52. The largest absolute Gasteiger partial charge is 0.308 e. The molecule has 0 heterocycles. The fourth-order valence-electron chi connectivity index (χ4n) is 1.65. The Morgan fingerprint density at radius 1 is 1.10 bits per heavy atom. The summed E-state index contributed by atoms with van der Waals surface area (Å²) in [5, 5.41) is 0. The van der Waals surface area contributed by atoms with Crippen molar-refractivity contribution in [2.75, 3.05) is 13.2 Å². The molecule has 0 aliphatic heterocycles. The SMILES string of the molecule is Cc1ccc(SOCCOSC2=CCC(C)C=C2)cc1. The summed E-state index contributed by atoms with van der Waals surface area (Å²) in [6.45, 7) is 5.46. The number of hydrogen-bond donors (Lipinski definition) is 0. The Morgan fingerprint density at radius 3 is 2.45 bits per heavy atom. The molecule has 1 aromatic carbocycles. The maximum Gasteiger partial charge on any atom is 0.0865 e. The Bertz CT molecular complexity index is 466. The highest BCUT2D eigenvalue weighted by atomic mass is 32.2. The first-order valence-corrected chi connectivity index (χ1v) is 8.26. The van der Waals surface area contributed by atoms with E-state index in [0.29, 0.717) is 19.1 Å². The van der Waals surface area contributed by atoms with E-state index in [2.05, 4.69) is 56.3 Å². The van der Waals surface area contributed by atoms with Crippen LogP contribution in [0.4, 0.5) is 0 Å². The van der Waals surface area contributed by atoms with Crippen LogP contribution >= 0.6 is 24.1 Å². The third-order valence-corrected chi connectivity index (χ3v) is 4.39. The van der Waals surface area contributed by atoms with E-state index < -0.39 is 0 Å². The van der Waals surface area contributed by atoms with Crippen molar-refractivity contribution in [2.24, 2.45) is 5.92 Å². The van der Waals surface area contributed by atoms with Crippen LogP contribution in [0.25, 0.3) is 0 Å². The van der Waals surface area contributed by atoms with Crippen LogP contribution in [0.5, 0.6) is 0 Å². The van der Waals surface area contributed by atoms with Gasteiger partial charge >= 0.3 is 0 Å². The molecule has 4 heteroatoms. The van der Waals surface area contributed by atoms with Gasteiger partial charge in [-0.3, -0.25) is 0 Å². The second kappa shape index (κ2) is 8.57. The molecule has 2 nitrogen and oxygen atoms in total. The van der Waals surface area contributed by atoms with Gasteiger partial charge in [-0.25, -0.2) is 0 Å². The molecular formula is C16H20O2S2. The Labute approximate surface area is 130 Å². The predicted octanol–water partition coefficient (Wildman–Crippen LogP) is 5.16. The number of benzene rings is 1. The van der Waals surface area contributed by atoms with Crippen LogP contribution in [-0.2, 0) is 8.37 Å². The molecule has 1 aliphatic carbocycles. The molecule has 0 bridgehead atoms. The molecule has 1 aromatic rings. The molecule has 0 aromatic heterocycles. The van der Waals surface area contributed by atoms with Crippen molar-refractivity contribution in [3.8, 4) is 0 Å². The average molecular weight is 308 g/mol. The van der Waals surface area contributed by atoms with E-state index >= 15 is 0 Å². The van der Waals surface area contributed by atoms with Gasteiger partial charge in [0.15, 0.2) is 0 Å². The Hall–Kier alpha value is -0.680. The van der Waals surface area contributed by atoms with E-state index in [1.54, 1.807) is 0 Å². The first kappa shape index (κ1) is 15.7. The van der Waals surface area contributed by atoms with Gasteiger partial charge in [0.25, 0.3) is 0 Å². The predicted molar refractivity (Wildman–Crippen MR) is 87.5 cm³/mol. The quantitative estimate of drug-likeness (QED) is 0.511. The molecule has 2 rings (SSSR count). The van der Waals surface area contributed by atoms with Gasteiger partial charge in [0.05, 0.1) is 13.2 Å². The van der Waals surface area contributed by atoms with Gasteiger partial charge in [-0.1, -0.05) is 42.8 Å².